The first-order chi connectivity index (χ1) is 9.72. The molecule has 0 heterocycles. The van der Waals surface area contributed by atoms with E-state index in [4.69, 9.17) is 22.1 Å². The summed E-state index contributed by atoms with van der Waals surface area (Å²) in [7, 11) is 0. The Bertz CT molecular complexity index is 641. The number of ether oxygens (including phenoxy) is 1. The zero-order valence-corrected chi connectivity index (χ0v) is 11.5. The van der Waals surface area contributed by atoms with Crippen molar-refractivity contribution in [3.05, 3.63) is 64.4 Å². The van der Waals surface area contributed by atoms with E-state index in [0.29, 0.717) is 21.9 Å². The van der Waals surface area contributed by atoms with E-state index in [1.165, 1.54) is 6.07 Å². The van der Waals surface area contributed by atoms with E-state index < -0.39 is 0 Å². The van der Waals surface area contributed by atoms with Gasteiger partial charge in [0.1, 0.15) is 18.2 Å². The van der Waals surface area contributed by atoms with Gasteiger partial charge in [0.2, 0.25) is 0 Å². The molecule has 20 heavy (non-hydrogen) atoms. The number of hydrogen-bond donors (Lipinski definition) is 1. The molecule has 2 nitrogen and oxygen atoms in total. The van der Waals surface area contributed by atoms with Gasteiger partial charge in [-0.3, -0.25) is 0 Å². The first-order valence-corrected chi connectivity index (χ1v) is 6.44. The molecule has 2 rings (SSSR count). The van der Waals surface area contributed by atoms with Crippen LogP contribution in [-0.4, -0.2) is 6.54 Å². The molecule has 0 fully saturated rings. The second kappa shape index (κ2) is 6.95. The molecule has 0 saturated heterocycles. The van der Waals surface area contributed by atoms with E-state index in [9.17, 15) is 4.39 Å². The Morgan fingerprint density at radius 2 is 1.95 bits per heavy atom. The van der Waals surface area contributed by atoms with Crippen LogP contribution < -0.4 is 10.5 Å². The molecule has 2 aromatic carbocycles. The van der Waals surface area contributed by atoms with Crippen LogP contribution in [0.25, 0.3) is 0 Å². The van der Waals surface area contributed by atoms with E-state index >= 15 is 0 Å². The number of benzene rings is 2. The van der Waals surface area contributed by atoms with Crippen LogP contribution in [0.3, 0.4) is 0 Å². The molecule has 0 bridgehead atoms. The van der Waals surface area contributed by atoms with Crippen LogP contribution in [0.5, 0.6) is 5.75 Å². The van der Waals surface area contributed by atoms with Crippen LogP contribution in [0.1, 0.15) is 11.1 Å². The topological polar surface area (TPSA) is 35.2 Å². The highest BCUT2D eigenvalue weighted by Gasteiger charge is 2.08. The molecule has 0 radical (unpaired) electrons. The third-order valence-electron chi connectivity index (χ3n) is 2.65. The van der Waals surface area contributed by atoms with Crippen molar-refractivity contribution in [1.82, 2.24) is 0 Å². The van der Waals surface area contributed by atoms with Gasteiger partial charge in [-0.1, -0.05) is 41.6 Å². The molecule has 2 N–H and O–H groups in total. The summed E-state index contributed by atoms with van der Waals surface area (Å²) in [6.07, 6.45) is 0. The minimum atomic E-state index is -0.386. The zero-order chi connectivity index (χ0) is 14.4. The number of halogens is 2. The van der Waals surface area contributed by atoms with Crippen molar-refractivity contribution >= 4 is 11.6 Å². The van der Waals surface area contributed by atoms with Gasteiger partial charge in [-0.15, -0.1) is 0 Å². The molecule has 0 aliphatic rings. The lowest BCUT2D eigenvalue weighted by molar-refractivity contribution is 0.299. The fourth-order valence-corrected chi connectivity index (χ4v) is 1.88. The van der Waals surface area contributed by atoms with Gasteiger partial charge < -0.3 is 10.5 Å². The Labute approximate surface area is 122 Å². The molecular formula is C16H13ClFNO. The van der Waals surface area contributed by atoms with Crippen LogP contribution >= 0.6 is 11.6 Å². The maximum atomic E-state index is 13.6. The van der Waals surface area contributed by atoms with Gasteiger partial charge in [0.05, 0.1) is 17.1 Å². The molecule has 0 amide bonds. The number of rotatable bonds is 3. The van der Waals surface area contributed by atoms with Crippen molar-refractivity contribution in [2.24, 2.45) is 5.73 Å². The Hall–Kier alpha value is -2.02. The van der Waals surface area contributed by atoms with Crippen LogP contribution in [0.15, 0.2) is 42.5 Å². The quantitative estimate of drug-likeness (QED) is 0.879. The summed E-state index contributed by atoms with van der Waals surface area (Å²) in [6, 6.07) is 11.8. The van der Waals surface area contributed by atoms with Gasteiger partial charge in [0.25, 0.3) is 0 Å². The fourth-order valence-electron chi connectivity index (χ4n) is 1.66. The van der Waals surface area contributed by atoms with Crippen molar-refractivity contribution in [3.8, 4) is 17.6 Å². The highest BCUT2D eigenvalue weighted by molar-refractivity contribution is 6.31. The zero-order valence-electron chi connectivity index (χ0n) is 10.7. The lowest BCUT2D eigenvalue weighted by atomic mass is 10.2. The van der Waals surface area contributed by atoms with E-state index in [-0.39, 0.29) is 19.0 Å². The standard InChI is InChI=1S/C16H13ClFNO/c17-14-7-3-8-15(18)13(14)11-20-16-9-2-1-5-12(16)6-4-10-19/h1-3,5,7-9H,10-11,19H2. The summed E-state index contributed by atoms with van der Waals surface area (Å²) < 4.78 is 19.3. The summed E-state index contributed by atoms with van der Waals surface area (Å²) in [5, 5.41) is 0.343. The van der Waals surface area contributed by atoms with Crippen LogP contribution in [0.2, 0.25) is 5.02 Å². The Balaban J connectivity index is 2.19. The Morgan fingerprint density at radius 3 is 2.70 bits per heavy atom. The minimum Gasteiger partial charge on any atom is -0.487 e. The average Bonchev–Trinajstić information content (AvgIpc) is 2.45. The molecule has 102 valence electrons. The minimum absolute atomic E-state index is 0.0484. The normalized spacial score (nSPS) is 9.75. The number of hydrogen-bond acceptors (Lipinski definition) is 2. The van der Waals surface area contributed by atoms with Crippen molar-refractivity contribution in [1.29, 1.82) is 0 Å². The van der Waals surface area contributed by atoms with E-state index in [0.717, 1.165) is 0 Å². The first kappa shape index (κ1) is 14.4. The van der Waals surface area contributed by atoms with Gasteiger partial charge in [0.15, 0.2) is 0 Å². The van der Waals surface area contributed by atoms with Crippen molar-refractivity contribution < 1.29 is 9.13 Å². The number of nitrogens with two attached hydrogens (primary N) is 1. The largest absolute Gasteiger partial charge is 0.487 e. The van der Waals surface area contributed by atoms with Gasteiger partial charge >= 0.3 is 0 Å². The molecule has 0 spiro atoms. The summed E-state index contributed by atoms with van der Waals surface area (Å²) >= 11 is 5.95. The second-order valence-electron chi connectivity index (χ2n) is 3.99. The molecule has 0 saturated carbocycles. The molecule has 0 atom stereocenters. The van der Waals surface area contributed by atoms with Crippen LogP contribution in [0, 0.1) is 17.7 Å². The summed E-state index contributed by atoms with van der Waals surface area (Å²) in [5.74, 6) is 5.87. The van der Waals surface area contributed by atoms with Gasteiger partial charge in [-0.25, -0.2) is 4.39 Å². The smallest absolute Gasteiger partial charge is 0.135 e. The predicted octanol–water partition coefficient (Wildman–Crippen LogP) is 3.37. The highest BCUT2D eigenvalue weighted by Crippen LogP contribution is 2.23. The molecule has 4 heteroatoms. The molecule has 0 aliphatic carbocycles. The van der Waals surface area contributed by atoms with Crippen molar-refractivity contribution in [2.45, 2.75) is 6.61 Å². The molecule has 2 aromatic rings. The highest BCUT2D eigenvalue weighted by atomic mass is 35.5. The SMILES string of the molecule is NCC#Cc1ccccc1OCc1c(F)cccc1Cl. The van der Waals surface area contributed by atoms with E-state index in [1.54, 1.807) is 18.2 Å². The fraction of sp³-hybridized carbons (Fsp3) is 0.125. The summed E-state index contributed by atoms with van der Waals surface area (Å²) in [6.45, 7) is 0.320. The third-order valence-corrected chi connectivity index (χ3v) is 3.00. The maximum absolute atomic E-state index is 13.6. The molecule has 0 aliphatic heterocycles. The van der Waals surface area contributed by atoms with Crippen LogP contribution in [-0.2, 0) is 6.61 Å². The van der Waals surface area contributed by atoms with Crippen molar-refractivity contribution in [2.75, 3.05) is 6.54 Å². The first-order valence-electron chi connectivity index (χ1n) is 6.06. The van der Waals surface area contributed by atoms with Crippen molar-refractivity contribution in [3.63, 3.8) is 0 Å². The lowest BCUT2D eigenvalue weighted by Crippen LogP contribution is -2.01. The second-order valence-corrected chi connectivity index (χ2v) is 4.40. The average molecular weight is 290 g/mol. The monoisotopic (exact) mass is 289 g/mol. The van der Waals surface area contributed by atoms with Gasteiger partial charge in [-0.05, 0) is 24.3 Å². The molecular weight excluding hydrogens is 277 g/mol. The molecule has 0 aromatic heterocycles. The van der Waals surface area contributed by atoms with E-state index in [1.807, 2.05) is 18.2 Å². The van der Waals surface area contributed by atoms with E-state index in [2.05, 4.69) is 11.8 Å². The number of para-hydroxylation sites is 1. The Kier molecular flexibility index (Phi) is 5.00. The predicted molar refractivity (Wildman–Crippen MR) is 78.1 cm³/mol. The van der Waals surface area contributed by atoms with Gasteiger partial charge in [0, 0.05) is 5.56 Å². The maximum Gasteiger partial charge on any atom is 0.135 e. The van der Waals surface area contributed by atoms with Gasteiger partial charge in [-0.2, -0.15) is 0 Å². The van der Waals surface area contributed by atoms with Crippen LogP contribution in [0.4, 0.5) is 4.39 Å². The summed E-state index contributed by atoms with van der Waals surface area (Å²) in [5.41, 5.74) is 6.39. The lowest BCUT2D eigenvalue weighted by Gasteiger charge is -2.10. The Morgan fingerprint density at radius 1 is 1.15 bits per heavy atom. The third kappa shape index (κ3) is 3.51. The molecule has 0 unspecified atom stereocenters. The summed E-state index contributed by atoms with van der Waals surface area (Å²) in [4.78, 5) is 0.